The minimum Gasteiger partial charge on any atom is -0.313 e. The van der Waals surface area contributed by atoms with Crippen molar-refractivity contribution in [2.75, 3.05) is 0 Å². The maximum Gasteiger partial charge on any atom is 0.251 e. The first-order chi connectivity index (χ1) is 7.63. The van der Waals surface area contributed by atoms with E-state index in [-0.39, 0.29) is 11.1 Å². The van der Waals surface area contributed by atoms with E-state index in [0.29, 0.717) is 23.6 Å². The fourth-order valence-electron chi connectivity index (χ4n) is 1.40. The van der Waals surface area contributed by atoms with Gasteiger partial charge in [0.1, 0.15) is 5.82 Å². The standard InChI is InChI=1S/C10H10N4O2/c1-6-2-10(16)14-8(13-6)3-7-4-9(15)12-5-11-7/h2,4-5H,3H2,1H3,(H,11,12,15)(H,13,14,16). The number of aromatic amines is 2. The van der Waals surface area contributed by atoms with E-state index in [1.54, 1.807) is 6.92 Å². The topological polar surface area (TPSA) is 91.5 Å². The summed E-state index contributed by atoms with van der Waals surface area (Å²) in [5.74, 6) is 0.503. The lowest BCUT2D eigenvalue weighted by atomic mass is 10.3. The van der Waals surface area contributed by atoms with Crippen molar-refractivity contribution in [3.63, 3.8) is 0 Å². The molecule has 0 fully saturated rings. The second kappa shape index (κ2) is 4.09. The quantitative estimate of drug-likeness (QED) is 0.727. The molecule has 0 aliphatic heterocycles. The number of H-pyrrole nitrogens is 2. The van der Waals surface area contributed by atoms with Crippen LogP contribution >= 0.6 is 0 Å². The van der Waals surface area contributed by atoms with Gasteiger partial charge in [0.2, 0.25) is 0 Å². The van der Waals surface area contributed by atoms with Crippen molar-refractivity contribution in [2.45, 2.75) is 13.3 Å². The molecule has 2 N–H and O–H groups in total. The molecule has 0 atom stereocenters. The van der Waals surface area contributed by atoms with E-state index in [0.717, 1.165) is 0 Å². The average molecular weight is 218 g/mol. The number of nitrogens with zero attached hydrogens (tertiary/aromatic N) is 2. The van der Waals surface area contributed by atoms with Crippen molar-refractivity contribution in [1.29, 1.82) is 0 Å². The van der Waals surface area contributed by atoms with Crippen molar-refractivity contribution in [1.82, 2.24) is 19.9 Å². The van der Waals surface area contributed by atoms with E-state index in [2.05, 4.69) is 19.9 Å². The zero-order chi connectivity index (χ0) is 11.5. The Morgan fingerprint density at radius 2 is 2.06 bits per heavy atom. The zero-order valence-corrected chi connectivity index (χ0v) is 8.65. The summed E-state index contributed by atoms with van der Waals surface area (Å²) >= 11 is 0. The maximum atomic E-state index is 11.2. The third-order valence-corrected chi connectivity index (χ3v) is 2.00. The Morgan fingerprint density at radius 1 is 1.25 bits per heavy atom. The second-order valence-corrected chi connectivity index (χ2v) is 3.41. The summed E-state index contributed by atoms with van der Waals surface area (Å²) in [5, 5.41) is 0. The molecule has 0 bridgehead atoms. The predicted octanol–water partition coefficient (Wildman–Crippen LogP) is -0.248. The van der Waals surface area contributed by atoms with Gasteiger partial charge in [-0.2, -0.15) is 0 Å². The highest BCUT2D eigenvalue weighted by atomic mass is 16.1. The Labute approximate surface area is 90.4 Å². The Balaban J connectivity index is 2.34. The molecule has 0 aromatic carbocycles. The molecular weight excluding hydrogens is 208 g/mol. The van der Waals surface area contributed by atoms with E-state index in [9.17, 15) is 9.59 Å². The molecule has 16 heavy (non-hydrogen) atoms. The van der Waals surface area contributed by atoms with Gasteiger partial charge in [0.05, 0.1) is 12.0 Å². The Hall–Kier alpha value is -2.24. The van der Waals surface area contributed by atoms with E-state index in [1.807, 2.05) is 0 Å². The molecule has 6 nitrogen and oxygen atoms in total. The van der Waals surface area contributed by atoms with Crippen LogP contribution in [0.4, 0.5) is 0 Å². The molecule has 0 aliphatic carbocycles. The highest BCUT2D eigenvalue weighted by Crippen LogP contribution is 1.98. The summed E-state index contributed by atoms with van der Waals surface area (Å²) in [6.45, 7) is 1.74. The van der Waals surface area contributed by atoms with Gasteiger partial charge in [0.25, 0.3) is 11.1 Å². The Morgan fingerprint density at radius 3 is 2.75 bits per heavy atom. The fourth-order valence-corrected chi connectivity index (χ4v) is 1.40. The van der Waals surface area contributed by atoms with Crippen LogP contribution in [0.5, 0.6) is 0 Å². The number of hydrogen-bond donors (Lipinski definition) is 2. The lowest BCUT2D eigenvalue weighted by Crippen LogP contribution is -2.13. The number of hydrogen-bond acceptors (Lipinski definition) is 4. The van der Waals surface area contributed by atoms with Gasteiger partial charge in [0.15, 0.2) is 0 Å². The molecule has 2 rings (SSSR count). The van der Waals surface area contributed by atoms with Gasteiger partial charge < -0.3 is 9.97 Å². The molecule has 0 saturated carbocycles. The monoisotopic (exact) mass is 218 g/mol. The average Bonchev–Trinajstić information content (AvgIpc) is 2.15. The summed E-state index contributed by atoms with van der Waals surface area (Å²) in [5.41, 5.74) is 0.786. The van der Waals surface area contributed by atoms with Gasteiger partial charge in [-0.1, -0.05) is 0 Å². The summed E-state index contributed by atoms with van der Waals surface area (Å²) in [7, 11) is 0. The first-order valence-electron chi connectivity index (χ1n) is 4.74. The third-order valence-electron chi connectivity index (χ3n) is 2.00. The Kier molecular flexibility index (Phi) is 2.63. The van der Waals surface area contributed by atoms with Crippen molar-refractivity contribution in [3.05, 3.63) is 56.4 Å². The molecule has 2 heterocycles. The van der Waals surface area contributed by atoms with Crippen molar-refractivity contribution in [2.24, 2.45) is 0 Å². The number of aryl methyl sites for hydroxylation is 1. The normalized spacial score (nSPS) is 10.3. The predicted molar refractivity (Wildman–Crippen MR) is 57.3 cm³/mol. The van der Waals surface area contributed by atoms with Crippen LogP contribution in [0.2, 0.25) is 0 Å². The molecule has 0 unspecified atom stereocenters. The van der Waals surface area contributed by atoms with Crippen molar-refractivity contribution >= 4 is 0 Å². The molecule has 0 radical (unpaired) electrons. The van der Waals surface area contributed by atoms with Gasteiger partial charge >= 0.3 is 0 Å². The third kappa shape index (κ3) is 2.41. The Bertz CT molecular complexity index is 614. The molecule has 2 aromatic rings. The van der Waals surface area contributed by atoms with Crippen LogP contribution in [0, 0.1) is 6.92 Å². The van der Waals surface area contributed by atoms with Crippen LogP contribution in [0.15, 0.2) is 28.0 Å². The largest absolute Gasteiger partial charge is 0.313 e. The number of rotatable bonds is 2. The smallest absolute Gasteiger partial charge is 0.251 e. The molecule has 0 spiro atoms. The maximum absolute atomic E-state index is 11.2. The number of nitrogens with one attached hydrogen (secondary N) is 2. The van der Waals surface area contributed by atoms with Crippen LogP contribution in [-0.2, 0) is 6.42 Å². The van der Waals surface area contributed by atoms with Crippen LogP contribution in [-0.4, -0.2) is 19.9 Å². The van der Waals surface area contributed by atoms with Gasteiger partial charge in [-0.25, -0.2) is 9.97 Å². The van der Waals surface area contributed by atoms with Crippen molar-refractivity contribution < 1.29 is 0 Å². The van der Waals surface area contributed by atoms with Gasteiger partial charge in [-0.05, 0) is 6.92 Å². The summed E-state index contributed by atoms with van der Waals surface area (Å²) in [6.07, 6.45) is 1.66. The molecule has 0 amide bonds. The molecule has 6 heteroatoms. The summed E-state index contributed by atoms with van der Waals surface area (Å²) in [6, 6.07) is 2.79. The second-order valence-electron chi connectivity index (χ2n) is 3.41. The molecular formula is C10H10N4O2. The van der Waals surface area contributed by atoms with E-state index in [1.165, 1.54) is 18.5 Å². The minimum atomic E-state index is -0.222. The highest BCUT2D eigenvalue weighted by molar-refractivity contribution is 5.09. The first kappa shape index (κ1) is 10.3. The first-order valence-corrected chi connectivity index (χ1v) is 4.74. The van der Waals surface area contributed by atoms with Gasteiger partial charge in [-0.3, -0.25) is 9.59 Å². The SMILES string of the molecule is Cc1cc(=O)[nH]c(Cc2cc(=O)[nH]cn2)n1. The van der Waals surface area contributed by atoms with Crippen LogP contribution < -0.4 is 11.1 Å². The molecule has 0 aliphatic rings. The summed E-state index contributed by atoms with van der Waals surface area (Å²) < 4.78 is 0. The van der Waals surface area contributed by atoms with E-state index >= 15 is 0 Å². The van der Waals surface area contributed by atoms with Gasteiger partial charge in [0, 0.05) is 24.2 Å². The molecule has 2 aromatic heterocycles. The van der Waals surface area contributed by atoms with Crippen LogP contribution in [0.1, 0.15) is 17.2 Å². The van der Waals surface area contributed by atoms with Gasteiger partial charge in [-0.15, -0.1) is 0 Å². The fraction of sp³-hybridized carbons (Fsp3) is 0.200. The van der Waals surface area contributed by atoms with Crippen molar-refractivity contribution in [3.8, 4) is 0 Å². The zero-order valence-electron chi connectivity index (χ0n) is 8.65. The molecule has 82 valence electrons. The lowest BCUT2D eigenvalue weighted by Gasteiger charge is -2.00. The van der Waals surface area contributed by atoms with E-state index in [4.69, 9.17) is 0 Å². The lowest BCUT2D eigenvalue weighted by molar-refractivity contribution is 0.887. The number of aromatic nitrogens is 4. The van der Waals surface area contributed by atoms with E-state index < -0.39 is 0 Å². The van der Waals surface area contributed by atoms with Crippen LogP contribution in [0.3, 0.4) is 0 Å². The highest BCUT2D eigenvalue weighted by Gasteiger charge is 2.01. The van der Waals surface area contributed by atoms with Crippen LogP contribution in [0.25, 0.3) is 0 Å². The minimum absolute atomic E-state index is 0.202. The summed E-state index contributed by atoms with van der Waals surface area (Å²) in [4.78, 5) is 35.4. The molecule has 0 saturated heterocycles.